The predicted molar refractivity (Wildman–Crippen MR) is 128 cm³/mol. The van der Waals surface area contributed by atoms with Crippen molar-refractivity contribution in [3.05, 3.63) is 16.1 Å². The molecule has 6 bridgehead atoms. The van der Waals surface area contributed by atoms with Crippen LogP contribution in [-0.4, -0.2) is 70.2 Å². The lowest BCUT2D eigenvalue weighted by Gasteiger charge is -2.23. The molecule has 0 fully saturated rings. The largest absolute Gasteiger partial charge is 0.477 e. The number of aliphatic imine (C=N–C) groups is 2. The van der Waals surface area contributed by atoms with Crippen molar-refractivity contribution in [3.8, 4) is 0 Å². The number of hydrogen-bond acceptors (Lipinski definition) is 9. The van der Waals surface area contributed by atoms with Gasteiger partial charge in [-0.25, -0.2) is 9.98 Å². The number of carbonyl (C=O) groups excluding carboxylic acids is 3. The molecule has 0 saturated heterocycles. The lowest BCUT2D eigenvalue weighted by Crippen LogP contribution is -2.43. The van der Waals surface area contributed by atoms with Crippen molar-refractivity contribution in [1.29, 1.82) is 0 Å². The molecule has 3 aliphatic heterocycles. The first-order valence-corrected chi connectivity index (χ1v) is 12.9. The van der Waals surface area contributed by atoms with E-state index in [1.165, 1.54) is 23.1 Å². The van der Waals surface area contributed by atoms with Crippen LogP contribution >= 0.6 is 23.1 Å². The molecule has 3 amide bonds. The van der Waals surface area contributed by atoms with Crippen LogP contribution in [0.25, 0.3) is 0 Å². The molecule has 0 aliphatic carbocycles. The Kier molecular flexibility index (Phi) is 7.03. The van der Waals surface area contributed by atoms with E-state index >= 15 is 0 Å². The summed E-state index contributed by atoms with van der Waals surface area (Å²) in [6.07, 6.45) is 0.832. The summed E-state index contributed by atoms with van der Waals surface area (Å²) in [7, 11) is 0. The molecule has 4 heterocycles. The molecule has 3 N–H and O–H groups in total. The molecule has 4 rings (SSSR count). The van der Waals surface area contributed by atoms with Gasteiger partial charge in [-0.3, -0.25) is 19.4 Å². The third kappa shape index (κ3) is 5.06. The smallest absolute Gasteiger partial charge is 0.271 e. The predicted octanol–water partition coefficient (Wildman–Crippen LogP) is 1.29. The maximum absolute atomic E-state index is 13.0. The third-order valence-electron chi connectivity index (χ3n) is 5.93. The van der Waals surface area contributed by atoms with E-state index < -0.39 is 18.1 Å². The van der Waals surface area contributed by atoms with Crippen LogP contribution < -0.4 is 16.0 Å². The van der Waals surface area contributed by atoms with E-state index in [0.29, 0.717) is 21.7 Å². The Morgan fingerprint density at radius 3 is 2.61 bits per heavy atom. The van der Waals surface area contributed by atoms with Crippen molar-refractivity contribution in [2.24, 2.45) is 15.9 Å². The fourth-order valence-corrected chi connectivity index (χ4v) is 5.74. The molecule has 178 valence electrons. The molecule has 0 radical (unpaired) electrons. The number of nitrogens with zero attached hydrogens (tertiary/aromatic N) is 3. The molecular formula is C21H28N6O4S2. The van der Waals surface area contributed by atoms with Crippen molar-refractivity contribution >= 4 is 51.8 Å². The Balaban J connectivity index is 1.66. The first-order valence-electron chi connectivity index (χ1n) is 11.0. The summed E-state index contributed by atoms with van der Waals surface area (Å²) in [4.78, 5) is 52.0. The van der Waals surface area contributed by atoms with Crippen LogP contribution in [0.3, 0.4) is 0 Å². The molecule has 3 aliphatic rings. The SMILES string of the molecule is CC[C@@H](C)[C@@H]1NC(=O)C2CSC(=N2)[C@H](C)NC(=O)[C@@H]2COC(=N2)[C@H](C)NC(=O)c2csc1n2. The number of hydrogen-bond donors (Lipinski definition) is 3. The number of nitrogens with one attached hydrogen (secondary N) is 3. The van der Waals surface area contributed by atoms with Crippen LogP contribution in [0.5, 0.6) is 0 Å². The maximum atomic E-state index is 13.0. The van der Waals surface area contributed by atoms with Gasteiger partial charge in [0, 0.05) is 11.1 Å². The second-order valence-electron chi connectivity index (χ2n) is 8.46. The summed E-state index contributed by atoms with van der Waals surface area (Å²) in [5.74, 6) is 0.103. The summed E-state index contributed by atoms with van der Waals surface area (Å²) < 4.78 is 5.59. The molecule has 6 atom stereocenters. The number of aromatic nitrogens is 1. The molecule has 0 aromatic carbocycles. The zero-order valence-corrected chi connectivity index (χ0v) is 20.6. The van der Waals surface area contributed by atoms with Gasteiger partial charge in [-0.15, -0.1) is 23.1 Å². The molecule has 1 aromatic heterocycles. The number of carbonyl (C=O) groups is 3. The highest BCUT2D eigenvalue weighted by Crippen LogP contribution is 2.29. The van der Waals surface area contributed by atoms with Gasteiger partial charge in [0.25, 0.3) is 5.91 Å². The number of fused-ring (bicyclic) bond motifs is 4. The molecule has 33 heavy (non-hydrogen) atoms. The van der Waals surface area contributed by atoms with E-state index in [1.54, 1.807) is 12.3 Å². The van der Waals surface area contributed by atoms with Crippen molar-refractivity contribution < 1.29 is 19.1 Å². The van der Waals surface area contributed by atoms with E-state index in [9.17, 15) is 14.4 Å². The highest BCUT2D eigenvalue weighted by Gasteiger charge is 2.35. The van der Waals surface area contributed by atoms with E-state index in [1.807, 2.05) is 20.8 Å². The molecule has 0 saturated carbocycles. The minimum Gasteiger partial charge on any atom is -0.477 e. The monoisotopic (exact) mass is 492 g/mol. The maximum Gasteiger partial charge on any atom is 0.271 e. The lowest BCUT2D eigenvalue weighted by molar-refractivity contribution is -0.123. The Morgan fingerprint density at radius 2 is 1.85 bits per heavy atom. The summed E-state index contributed by atoms with van der Waals surface area (Å²) in [5, 5.41) is 11.9. The van der Waals surface area contributed by atoms with Gasteiger partial charge in [0.15, 0.2) is 6.04 Å². The second-order valence-corrected chi connectivity index (χ2v) is 10.4. The van der Waals surface area contributed by atoms with Crippen LogP contribution in [0.2, 0.25) is 0 Å². The van der Waals surface area contributed by atoms with Gasteiger partial charge in [-0.1, -0.05) is 20.3 Å². The topological polar surface area (TPSA) is 134 Å². The van der Waals surface area contributed by atoms with Crippen LogP contribution in [-0.2, 0) is 14.3 Å². The second kappa shape index (κ2) is 9.80. The Labute approximate surface area is 200 Å². The minimum absolute atomic E-state index is 0.107. The zero-order chi connectivity index (χ0) is 23.7. The number of thiazole rings is 1. The fraction of sp³-hybridized carbons (Fsp3) is 0.619. The van der Waals surface area contributed by atoms with Crippen LogP contribution in [0.1, 0.15) is 55.7 Å². The fourth-order valence-electron chi connectivity index (χ4n) is 3.70. The number of rotatable bonds is 2. The van der Waals surface area contributed by atoms with Gasteiger partial charge in [0.05, 0.1) is 17.1 Å². The zero-order valence-electron chi connectivity index (χ0n) is 19.0. The van der Waals surface area contributed by atoms with Gasteiger partial charge < -0.3 is 20.7 Å². The summed E-state index contributed by atoms with van der Waals surface area (Å²) in [6, 6.07) is -2.43. The third-order valence-corrected chi connectivity index (χ3v) is 8.09. The highest BCUT2D eigenvalue weighted by molar-refractivity contribution is 8.14. The first kappa shape index (κ1) is 23.7. The Morgan fingerprint density at radius 1 is 1.09 bits per heavy atom. The van der Waals surface area contributed by atoms with E-state index in [-0.39, 0.29) is 48.0 Å². The molecule has 1 aromatic rings. The van der Waals surface area contributed by atoms with Gasteiger partial charge in [-0.2, -0.15) is 0 Å². The van der Waals surface area contributed by atoms with Gasteiger partial charge in [-0.05, 0) is 19.8 Å². The standard InChI is InChI=1S/C21H28N6O4S2/c1-5-9(2)15-21-26-13(8-33-21)17(29)22-10(3)19-24-12(6-31-19)16(28)23-11(4)20-25-14(7-32-20)18(30)27-15/h8-12,14-15H,5-7H2,1-4H3,(H,22,29)(H,23,28)(H,27,30)/t9-,10+,11+,12+,14?,15+/m1/s1. The van der Waals surface area contributed by atoms with Gasteiger partial charge in [0.2, 0.25) is 17.7 Å². The van der Waals surface area contributed by atoms with Gasteiger partial charge >= 0.3 is 0 Å². The quantitative estimate of drug-likeness (QED) is 0.570. The Bertz CT molecular complexity index is 1010. The summed E-state index contributed by atoms with van der Waals surface area (Å²) in [5.41, 5.74) is 0.268. The van der Waals surface area contributed by atoms with Crippen molar-refractivity contribution in [2.45, 2.75) is 64.3 Å². The number of ether oxygens (including phenoxy) is 1. The molecule has 12 heteroatoms. The first-order chi connectivity index (χ1) is 15.8. The average Bonchev–Trinajstić information content (AvgIpc) is 3.55. The average molecular weight is 493 g/mol. The van der Waals surface area contributed by atoms with E-state index in [4.69, 9.17) is 4.74 Å². The van der Waals surface area contributed by atoms with E-state index in [2.05, 4.69) is 30.9 Å². The number of amides is 3. The molecule has 10 nitrogen and oxygen atoms in total. The highest BCUT2D eigenvalue weighted by atomic mass is 32.2. The Hall–Kier alpha value is -2.47. The van der Waals surface area contributed by atoms with Crippen molar-refractivity contribution in [3.63, 3.8) is 0 Å². The molecule has 0 spiro atoms. The number of thioether (sulfide) groups is 1. The van der Waals surface area contributed by atoms with Crippen molar-refractivity contribution in [2.75, 3.05) is 12.4 Å². The van der Waals surface area contributed by atoms with Crippen LogP contribution in [0.4, 0.5) is 0 Å². The van der Waals surface area contributed by atoms with Crippen LogP contribution in [0, 0.1) is 5.92 Å². The lowest BCUT2D eigenvalue weighted by atomic mass is 9.99. The summed E-state index contributed by atoms with van der Waals surface area (Å²) in [6.45, 7) is 7.78. The summed E-state index contributed by atoms with van der Waals surface area (Å²) >= 11 is 2.81. The molecule has 1 unspecified atom stereocenters. The van der Waals surface area contributed by atoms with Crippen LogP contribution in [0.15, 0.2) is 15.4 Å². The van der Waals surface area contributed by atoms with Crippen molar-refractivity contribution in [1.82, 2.24) is 20.9 Å². The molecular weight excluding hydrogens is 464 g/mol. The van der Waals surface area contributed by atoms with Gasteiger partial charge in [0.1, 0.15) is 29.4 Å². The normalized spacial score (nSPS) is 31.3. The van der Waals surface area contributed by atoms with E-state index in [0.717, 1.165) is 6.42 Å². The minimum atomic E-state index is -0.700.